The predicted molar refractivity (Wildman–Crippen MR) is 118 cm³/mol. The molecule has 31 heavy (non-hydrogen) atoms. The minimum atomic E-state index is -0.787. The molecular formula is C24H21ClN3O3+. The number of ether oxygens (including phenoxy) is 1. The van der Waals surface area contributed by atoms with Gasteiger partial charge >= 0.3 is 5.91 Å². The zero-order valence-electron chi connectivity index (χ0n) is 16.8. The molecule has 2 atom stereocenters. The van der Waals surface area contributed by atoms with Crippen LogP contribution in [0.3, 0.4) is 0 Å². The van der Waals surface area contributed by atoms with Crippen LogP contribution in [-0.4, -0.2) is 35.9 Å². The van der Waals surface area contributed by atoms with Crippen molar-refractivity contribution in [3.05, 3.63) is 101 Å². The fraction of sp³-hybridized carbons (Fsp3) is 0.125. The summed E-state index contributed by atoms with van der Waals surface area (Å²) in [5, 5.41) is 3.51. The van der Waals surface area contributed by atoms with Crippen LogP contribution < -0.4 is 15.5 Å². The minimum absolute atomic E-state index is 0.296. The van der Waals surface area contributed by atoms with E-state index < -0.39 is 12.1 Å². The highest BCUT2D eigenvalue weighted by atomic mass is 35.5. The quantitative estimate of drug-likeness (QED) is 0.605. The van der Waals surface area contributed by atoms with Crippen LogP contribution in [0.2, 0.25) is 5.02 Å². The van der Waals surface area contributed by atoms with Gasteiger partial charge in [-0.25, -0.2) is 0 Å². The Labute approximate surface area is 185 Å². The van der Waals surface area contributed by atoms with E-state index in [1.54, 1.807) is 48.2 Å². The van der Waals surface area contributed by atoms with Gasteiger partial charge in [-0.05, 0) is 60.7 Å². The van der Waals surface area contributed by atoms with E-state index in [-0.39, 0.29) is 11.8 Å². The summed E-state index contributed by atoms with van der Waals surface area (Å²) in [5.74, 6) is 0.0991. The first-order valence-electron chi connectivity index (χ1n) is 9.74. The summed E-state index contributed by atoms with van der Waals surface area (Å²) in [6, 6.07) is 22.3. The van der Waals surface area contributed by atoms with Gasteiger partial charge in [-0.1, -0.05) is 29.8 Å². The first kappa shape index (κ1) is 20.6. The highest BCUT2D eigenvalue weighted by Crippen LogP contribution is 2.27. The molecule has 156 valence electrons. The molecule has 0 spiro atoms. The molecule has 1 saturated heterocycles. The molecule has 7 heteroatoms. The van der Waals surface area contributed by atoms with Crippen molar-refractivity contribution in [1.29, 1.82) is 0 Å². The molecule has 0 radical (unpaired) electrons. The molecule has 1 fully saturated rings. The Morgan fingerprint density at radius 1 is 1.03 bits per heavy atom. The number of carbonyl (C=O) groups is 2. The number of nitrogens with zero attached hydrogens (tertiary/aromatic N) is 1. The van der Waals surface area contributed by atoms with E-state index in [4.69, 9.17) is 16.3 Å². The third-order valence-electron chi connectivity index (χ3n) is 5.08. The average molecular weight is 435 g/mol. The second kappa shape index (κ2) is 9.02. The molecule has 1 heterocycles. The molecular weight excluding hydrogens is 414 g/mol. The number of hydrazone groups is 1. The number of hydrogen-bond donors (Lipinski definition) is 2. The minimum Gasteiger partial charge on any atom is -0.497 e. The van der Waals surface area contributed by atoms with E-state index >= 15 is 0 Å². The molecule has 3 aromatic rings. The molecule has 0 unspecified atom stereocenters. The first-order valence-corrected chi connectivity index (χ1v) is 10.1. The largest absolute Gasteiger partial charge is 0.497 e. The Morgan fingerprint density at radius 2 is 1.71 bits per heavy atom. The highest BCUT2D eigenvalue weighted by Gasteiger charge is 2.47. The Balaban J connectivity index is 1.70. The van der Waals surface area contributed by atoms with E-state index in [0.29, 0.717) is 16.3 Å². The van der Waals surface area contributed by atoms with Gasteiger partial charge in [0.05, 0.1) is 7.11 Å². The second-order valence-corrected chi connectivity index (χ2v) is 7.54. The molecule has 0 saturated carbocycles. The Morgan fingerprint density at radius 3 is 2.35 bits per heavy atom. The van der Waals surface area contributed by atoms with Crippen LogP contribution in [0.25, 0.3) is 0 Å². The molecule has 0 bridgehead atoms. The van der Waals surface area contributed by atoms with E-state index in [2.05, 4.69) is 10.7 Å². The van der Waals surface area contributed by atoms with Gasteiger partial charge in [0.1, 0.15) is 5.75 Å². The van der Waals surface area contributed by atoms with Crippen molar-refractivity contribution >= 4 is 29.6 Å². The third kappa shape index (κ3) is 4.59. The number of methoxy groups -OCH3 is 1. The summed E-state index contributed by atoms with van der Waals surface area (Å²) in [5.41, 5.74) is 5.06. The summed E-state index contributed by atoms with van der Waals surface area (Å²) >= 11 is 5.99. The van der Waals surface area contributed by atoms with Crippen LogP contribution in [0.5, 0.6) is 5.75 Å². The summed E-state index contributed by atoms with van der Waals surface area (Å²) in [7, 11) is 1.60. The van der Waals surface area contributed by atoms with Gasteiger partial charge < -0.3 is 10.1 Å². The van der Waals surface area contributed by atoms with Gasteiger partial charge in [0.25, 0.3) is 5.91 Å². The van der Waals surface area contributed by atoms with E-state index in [1.807, 2.05) is 48.7 Å². The number of hydrazine groups is 1. The lowest BCUT2D eigenvalue weighted by molar-refractivity contribution is -0.596. The van der Waals surface area contributed by atoms with Gasteiger partial charge in [0.15, 0.2) is 6.04 Å². The molecule has 0 aliphatic carbocycles. The van der Waals surface area contributed by atoms with Crippen LogP contribution in [0.1, 0.15) is 27.5 Å². The molecule has 3 aromatic carbocycles. The molecule has 0 aromatic heterocycles. The van der Waals surface area contributed by atoms with Crippen molar-refractivity contribution < 1.29 is 19.0 Å². The average Bonchev–Trinajstić information content (AvgIpc) is 3.10. The van der Waals surface area contributed by atoms with Crippen LogP contribution >= 0.6 is 11.6 Å². The molecule has 1 aliphatic heterocycles. The number of halogens is 1. The van der Waals surface area contributed by atoms with Gasteiger partial charge in [-0.15, -0.1) is 10.1 Å². The summed E-state index contributed by atoms with van der Waals surface area (Å²) in [6.07, 6.45) is 1.82. The number of benzene rings is 3. The number of hydrogen-bond acceptors (Lipinski definition) is 3. The summed E-state index contributed by atoms with van der Waals surface area (Å²) < 4.78 is 6.96. The fourth-order valence-electron chi connectivity index (χ4n) is 3.51. The van der Waals surface area contributed by atoms with Crippen molar-refractivity contribution in [2.45, 2.75) is 12.1 Å². The molecule has 2 amide bonds. The van der Waals surface area contributed by atoms with Gasteiger partial charge in [0.2, 0.25) is 12.3 Å². The number of carbonyl (C=O) groups excluding carboxylic acids is 2. The van der Waals surface area contributed by atoms with Crippen molar-refractivity contribution in [2.24, 2.45) is 0 Å². The predicted octanol–water partition coefficient (Wildman–Crippen LogP) is 3.36. The normalized spacial score (nSPS) is 19.2. The molecule has 2 N–H and O–H groups in total. The summed E-state index contributed by atoms with van der Waals surface area (Å²) in [4.78, 5) is 25.6. The van der Waals surface area contributed by atoms with Crippen LogP contribution in [0.15, 0.2) is 78.9 Å². The van der Waals surface area contributed by atoms with E-state index in [9.17, 15) is 9.59 Å². The third-order valence-corrected chi connectivity index (χ3v) is 5.33. The van der Waals surface area contributed by atoms with Crippen molar-refractivity contribution in [3.8, 4) is 5.75 Å². The van der Waals surface area contributed by atoms with Crippen molar-refractivity contribution in [2.75, 3.05) is 7.11 Å². The topological polar surface area (TPSA) is 70.4 Å². The maximum absolute atomic E-state index is 12.9. The van der Waals surface area contributed by atoms with Gasteiger partial charge in [-0.3, -0.25) is 9.59 Å². The Hall–Kier alpha value is -3.64. The monoisotopic (exact) mass is 434 g/mol. The maximum atomic E-state index is 12.9. The zero-order chi connectivity index (χ0) is 21.8. The van der Waals surface area contributed by atoms with Crippen LogP contribution in [0, 0.1) is 0 Å². The lowest BCUT2D eigenvalue weighted by atomic mass is 9.99. The van der Waals surface area contributed by atoms with E-state index in [0.717, 1.165) is 11.1 Å². The van der Waals surface area contributed by atoms with Crippen molar-refractivity contribution in [1.82, 2.24) is 10.7 Å². The lowest BCUT2D eigenvalue weighted by Gasteiger charge is -2.15. The molecule has 6 nitrogen and oxygen atoms in total. The summed E-state index contributed by atoms with van der Waals surface area (Å²) in [6.45, 7) is 0. The fourth-order valence-corrected chi connectivity index (χ4v) is 3.63. The standard InChI is InChI=1S/C24H20ClN3O3/c1-31-20-13-9-17(10-14-20)22-21(26-23(29)18-5-3-2-4-6-18)24(30)27-28(22)15-16-7-11-19(25)12-8-16/h2-15,21-22H,1H3,(H-,26,27,29,30)/p+1/b28-15-/t21-,22-/m1/s1. The number of amides is 2. The smallest absolute Gasteiger partial charge is 0.304 e. The number of rotatable bonds is 5. The lowest BCUT2D eigenvalue weighted by Crippen LogP contribution is -2.42. The SMILES string of the molecule is COc1ccc([C@@H]2[C@@H](NC(=O)c3ccccc3)C(=O)N/[N+]2=C\c2ccc(Cl)cc2)cc1. The van der Waals surface area contributed by atoms with Crippen LogP contribution in [-0.2, 0) is 4.79 Å². The van der Waals surface area contributed by atoms with Crippen LogP contribution in [0.4, 0.5) is 0 Å². The second-order valence-electron chi connectivity index (χ2n) is 7.10. The first-order chi connectivity index (χ1) is 15.0. The Bertz CT molecular complexity index is 1110. The van der Waals surface area contributed by atoms with Gasteiger partial charge in [-0.2, -0.15) is 0 Å². The maximum Gasteiger partial charge on any atom is 0.304 e. The Kier molecular flexibility index (Phi) is 6.00. The van der Waals surface area contributed by atoms with Gasteiger partial charge in [0, 0.05) is 21.7 Å². The molecule has 1 aliphatic rings. The molecule has 4 rings (SSSR count). The van der Waals surface area contributed by atoms with Crippen molar-refractivity contribution in [3.63, 3.8) is 0 Å². The highest BCUT2D eigenvalue weighted by molar-refractivity contribution is 6.30. The van der Waals surface area contributed by atoms with E-state index in [1.165, 1.54) is 0 Å². The number of nitrogens with one attached hydrogen (secondary N) is 2. The zero-order valence-corrected chi connectivity index (χ0v) is 17.5.